The van der Waals surface area contributed by atoms with Gasteiger partial charge in [-0.05, 0) is 38.0 Å². The second-order valence-electron chi connectivity index (χ2n) is 5.76. The first kappa shape index (κ1) is 15.8. The maximum Gasteiger partial charge on any atom is 0.0675 e. The van der Waals surface area contributed by atoms with Gasteiger partial charge in [0.2, 0.25) is 0 Å². The fourth-order valence-electron chi connectivity index (χ4n) is 3.05. The summed E-state index contributed by atoms with van der Waals surface area (Å²) in [4.78, 5) is 2.49. The van der Waals surface area contributed by atoms with Gasteiger partial charge in [-0.1, -0.05) is 30.7 Å². The minimum absolute atomic E-state index is 0.0489. The van der Waals surface area contributed by atoms with Crippen molar-refractivity contribution < 1.29 is 4.74 Å². The number of morpholine rings is 1. The fraction of sp³-hybridized carbons (Fsp3) is 0.625. The van der Waals surface area contributed by atoms with Gasteiger partial charge in [0.1, 0.15) is 0 Å². The van der Waals surface area contributed by atoms with Crippen molar-refractivity contribution in [3.8, 4) is 0 Å². The summed E-state index contributed by atoms with van der Waals surface area (Å²) in [6.45, 7) is 8.08. The van der Waals surface area contributed by atoms with Crippen molar-refractivity contribution >= 4 is 11.6 Å². The molecule has 0 aliphatic carbocycles. The Labute approximate surface area is 127 Å². The first-order valence-corrected chi connectivity index (χ1v) is 7.79. The summed E-state index contributed by atoms with van der Waals surface area (Å²) in [5.74, 6) is 0. The van der Waals surface area contributed by atoms with E-state index in [9.17, 15) is 0 Å². The highest BCUT2D eigenvalue weighted by molar-refractivity contribution is 6.30. The molecule has 1 aromatic carbocycles. The van der Waals surface area contributed by atoms with Crippen LogP contribution in [0, 0.1) is 0 Å². The third-order valence-electron chi connectivity index (χ3n) is 4.03. The summed E-state index contributed by atoms with van der Waals surface area (Å²) >= 11 is 6.15. The third-order valence-corrected chi connectivity index (χ3v) is 4.26. The normalized spacial score (nSPS) is 27.2. The van der Waals surface area contributed by atoms with Crippen molar-refractivity contribution in [1.82, 2.24) is 4.90 Å². The topological polar surface area (TPSA) is 38.5 Å². The second-order valence-corrected chi connectivity index (χ2v) is 6.20. The zero-order valence-electron chi connectivity index (χ0n) is 12.6. The zero-order chi connectivity index (χ0) is 14.7. The molecule has 0 spiro atoms. The Morgan fingerprint density at radius 1 is 1.50 bits per heavy atom. The van der Waals surface area contributed by atoms with Crippen LogP contribution in [0.5, 0.6) is 0 Å². The zero-order valence-corrected chi connectivity index (χ0v) is 13.3. The van der Waals surface area contributed by atoms with Crippen LogP contribution in [0.3, 0.4) is 0 Å². The van der Waals surface area contributed by atoms with Crippen LogP contribution >= 0.6 is 11.6 Å². The molecule has 1 aliphatic heterocycles. The summed E-state index contributed by atoms with van der Waals surface area (Å²) in [7, 11) is 0. The van der Waals surface area contributed by atoms with Gasteiger partial charge in [-0.15, -0.1) is 0 Å². The fourth-order valence-corrected chi connectivity index (χ4v) is 3.25. The molecule has 4 unspecified atom stereocenters. The third kappa shape index (κ3) is 3.53. The van der Waals surface area contributed by atoms with E-state index in [2.05, 4.69) is 31.7 Å². The maximum absolute atomic E-state index is 6.29. The molecule has 1 aliphatic rings. The van der Waals surface area contributed by atoms with Gasteiger partial charge in [-0.25, -0.2) is 0 Å². The molecule has 1 fully saturated rings. The molecule has 0 saturated carbocycles. The van der Waals surface area contributed by atoms with Crippen molar-refractivity contribution in [3.05, 3.63) is 34.9 Å². The number of rotatable bonds is 4. The second kappa shape index (κ2) is 6.90. The standard InChI is InChI=1S/C16H25ClN2O/c1-4-15-10-20-11(2)9-19(15)16(12(3)18)13-6-5-7-14(17)8-13/h5-8,11-12,15-16H,4,9-10,18H2,1-3H3. The lowest BCUT2D eigenvalue weighted by molar-refractivity contribution is -0.0762. The predicted octanol–water partition coefficient (Wildman–Crippen LogP) is 3.23. The van der Waals surface area contributed by atoms with Crippen LogP contribution in [0.2, 0.25) is 5.02 Å². The molecule has 2 N–H and O–H groups in total. The van der Waals surface area contributed by atoms with Crippen LogP contribution in [0.4, 0.5) is 0 Å². The summed E-state index contributed by atoms with van der Waals surface area (Å²) in [6.07, 6.45) is 1.31. The molecule has 112 valence electrons. The molecule has 0 aromatic heterocycles. The molecule has 0 bridgehead atoms. The highest BCUT2D eigenvalue weighted by atomic mass is 35.5. The van der Waals surface area contributed by atoms with Gasteiger partial charge in [0.15, 0.2) is 0 Å². The SMILES string of the molecule is CCC1COC(C)CN1C(c1cccc(Cl)c1)C(C)N. The van der Waals surface area contributed by atoms with Crippen LogP contribution in [-0.2, 0) is 4.74 Å². The quantitative estimate of drug-likeness (QED) is 0.927. The highest BCUT2D eigenvalue weighted by Crippen LogP contribution is 2.30. The van der Waals surface area contributed by atoms with E-state index in [0.717, 1.165) is 24.6 Å². The van der Waals surface area contributed by atoms with E-state index in [1.165, 1.54) is 5.56 Å². The average molecular weight is 297 g/mol. The van der Waals surface area contributed by atoms with Gasteiger partial charge in [-0.3, -0.25) is 4.90 Å². The van der Waals surface area contributed by atoms with Gasteiger partial charge in [0.05, 0.1) is 18.8 Å². The molecule has 0 amide bonds. The van der Waals surface area contributed by atoms with Crippen molar-refractivity contribution in [2.75, 3.05) is 13.2 Å². The lowest BCUT2D eigenvalue weighted by Crippen LogP contribution is -2.53. The van der Waals surface area contributed by atoms with Gasteiger partial charge < -0.3 is 10.5 Å². The van der Waals surface area contributed by atoms with Crippen LogP contribution < -0.4 is 5.73 Å². The minimum atomic E-state index is 0.0489. The van der Waals surface area contributed by atoms with E-state index in [-0.39, 0.29) is 18.2 Å². The summed E-state index contributed by atoms with van der Waals surface area (Å²) in [5.41, 5.74) is 7.48. The Balaban J connectivity index is 2.31. The number of halogens is 1. The first-order chi connectivity index (χ1) is 9.52. The minimum Gasteiger partial charge on any atom is -0.376 e. The Morgan fingerprint density at radius 3 is 2.85 bits per heavy atom. The van der Waals surface area contributed by atoms with E-state index < -0.39 is 0 Å². The maximum atomic E-state index is 6.29. The number of nitrogens with zero attached hydrogens (tertiary/aromatic N) is 1. The van der Waals surface area contributed by atoms with Gasteiger partial charge in [0.25, 0.3) is 0 Å². The molecule has 4 atom stereocenters. The van der Waals surface area contributed by atoms with Gasteiger partial charge in [0, 0.05) is 23.7 Å². The van der Waals surface area contributed by atoms with Crippen LogP contribution in [0.1, 0.15) is 38.8 Å². The van der Waals surface area contributed by atoms with Gasteiger partial charge >= 0.3 is 0 Å². The lowest BCUT2D eigenvalue weighted by atomic mass is 9.95. The number of benzene rings is 1. The molecule has 1 heterocycles. The molecular formula is C16H25ClN2O. The Kier molecular flexibility index (Phi) is 5.44. The Morgan fingerprint density at radius 2 is 2.25 bits per heavy atom. The van der Waals surface area contributed by atoms with Crippen molar-refractivity contribution in [2.45, 2.75) is 51.4 Å². The van der Waals surface area contributed by atoms with E-state index in [1.54, 1.807) is 0 Å². The number of ether oxygens (including phenoxy) is 1. The number of hydrogen-bond acceptors (Lipinski definition) is 3. The van der Waals surface area contributed by atoms with Crippen LogP contribution in [0.15, 0.2) is 24.3 Å². The van der Waals surface area contributed by atoms with Crippen LogP contribution in [0.25, 0.3) is 0 Å². The molecule has 1 saturated heterocycles. The van der Waals surface area contributed by atoms with Crippen molar-refractivity contribution in [3.63, 3.8) is 0 Å². The molecular weight excluding hydrogens is 272 g/mol. The van der Waals surface area contributed by atoms with E-state index in [0.29, 0.717) is 6.04 Å². The Hall–Kier alpha value is -0.610. The molecule has 0 radical (unpaired) electrons. The van der Waals surface area contributed by atoms with Gasteiger partial charge in [-0.2, -0.15) is 0 Å². The first-order valence-electron chi connectivity index (χ1n) is 7.41. The summed E-state index contributed by atoms with van der Waals surface area (Å²) in [6, 6.07) is 8.70. The molecule has 3 nitrogen and oxygen atoms in total. The number of nitrogens with two attached hydrogens (primary N) is 1. The predicted molar refractivity (Wildman–Crippen MR) is 84.0 cm³/mol. The summed E-state index contributed by atoms with van der Waals surface area (Å²) in [5, 5.41) is 0.766. The van der Waals surface area contributed by atoms with Crippen molar-refractivity contribution in [1.29, 1.82) is 0 Å². The van der Waals surface area contributed by atoms with E-state index in [1.807, 2.05) is 18.2 Å². The highest BCUT2D eigenvalue weighted by Gasteiger charge is 2.33. The van der Waals surface area contributed by atoms with E-state index >= 15 is 0 Å². The number of hydrogen-bond donors (Lipinski definition) is 1. The van der Waals surface area contributed by atoms with E-state index in [4.69, 9.17) is 22.1 Å². The largest absolute Gasteiger partial charge is 0.376 e. The monoisotopic (exact) mass is 296 g/mol. The molecule has 4 heteroatoms. The van der Waals surface area contributed by atoms with Crippen molar-refractivity contribution in [2.24, 2.45) is 5.73 Å². The lowest BCUT2D eigenvalue weighted by Gasteiger charge is -2.44. The van der Waals surface area contributed by atoms with Crippen LogP contribution in [-0.4, -0.2) is 36.2 Å². The molecule has 20 heavy (non-hydrogen) atoms. The molecule has 1 aromatic rings. The smallest absolute Gasteiger partial charge is 0.0675 e. The summed E-state index contributed by atoms with van der Waals surface area (Å²) < 4.78 is 5.79. The molecule has 2 rings (SSSR count). The Bertz CT molecular complexity index is 438. The average Bonchev–Trinajstić information content (AvgIpc) is 2.39.